The molecule has 0 N–H and O–H groups in total. The fraction of sp³-hybridized carbons (Fsp3) is 0.818. The van der Waals surface area contributed by atoms with Crippen LogP contribution in [0.2, 0.25) is 0 Å². The van der Waals surface area contributed by atoms with Gasteiger partial charge in [0, 0.05) is 13.1 Å². The lowest BCUT2D eigenvalue weighted by Gasteiger charge is -2.32. The van der Waals surface area contributed by atoms with E-state index in [0.717, 1.165) is 12.8 Å². The van der Waals surface area contributed by atoms with Crippen LogP contribution in [-0.2, 0) is 14.3 Å². The molecule has 0 aliphatic carbocycles. The zero-order chi connectivity index (χ0) is 12.1. The largest absolute Gasteiger partial charge is 0.466 e. The lowest BCUT2D eigenvalue weighted by Crippen LogP contribution is -2.45. The summed E-state index contributed by atoms with van der Waals surface area (Å²) in [6.45, 7) is 4.94. The van der Waals surface area contributed by atoms with Crippen LogP contribution < -0.4 is 0 Å². The Hall–Kier alpha value is -0.770. The third-order valence-electron chi connectivity index (χ3n) is 2.69. The average Bonchev–Trinajstić information content (AvgIpc) is 2.28. The number of alkyl halides is 1. The number of esters is 1. The van der Waals surface area contributed by atoms with Crippen LogP contribution >= 0.6 is 11.6 Å². The molecule has 1 rings (SSSR count). The number of likely N-dealkylation sites (tertiary alicyclic amines) is 1. The van der Waals surface area contributed by atoms with E-state index in [1.165, 1.54) is 0 Å². The number of hydrogen-bond donors (Lipinski definition) is 0. The van der Waals surface area contributed by atoms with Gasteiger partial charge in [-0.25, -0.2) is 0 Å². The Morgan fingerprint density at radius 2 is 2.25 bits per heavy atom. The number of nitrogens with zero attached hydrogens (tertiary/aromatic N) is 1. The molecule has 0 aromatic carbocycles. The van der Waals surface area contributed by atoms with Crippen molar-refractivity contribution in [3.05, 3.63) is 0 Å². The summed E-state index contributed by atoms with van der Waals surface area (Å²) in [5.74, 6) is -0.494. The summed E-state index contributed by atoms with van der Waals surface area (Å²) < 4.78 is 4.96. The smallest absolute Gasteiger partial charge is 0.310 e. The van der Waals surface area contributed by atoms with Crippen LogP contribution in [0.4, 0.5) is 0 Å². The van der Waals surface area contributed by atoms with Gasteiger partial charge >= 0.3 is 5.97 Å². The highest BCUT2D eigenvalue weighted by atomic mass is 35.5. The minimum absolute atomic E-state index is 0.101. The molecule has 92 valence electrons. The predicted molar refractivity (Wildman–Crippen MR) is 61.3 cm³/mol. The second-order valence-corrected chi connectivity index (χ2v) is 4.65. The van der Waals surface area contributed by atoms with Gasteiger partial charge in [0.05, 0.1) is 12.5 Å². The number of hydrogen-bond acceptors (Lipinski definition) is 3. The van der Waals surface area contributed by atoms with Crippen molar-refractivity contribution >= 4 is 23.5 Å². The first-order valence-electron chi connectivity index (χ1n) is 5.65. The van der Waals surface area contributed by atoms with Crippen molar-refractivity contribution < 1.29 is 14.3 Å². The molecule has 0 unspecified atom stereocenters. The molecule has 5 heteroatoms. The van der Waals surface area contributed by atoms with Crippen molar-refractivity contribution in [1.29, 1.82) is 0 Å². The minimum atomic E-state index is -0.527. The highest BCUT2D eigenvalue weighted by Gasteiger charge is 2.30. The summed E-state index contributed by atoms with van der Waals surface area (Å²) in [6.07, 6.45) is 1.62. The summed E-state index contributed by atoms with van der Waals surface area (Å²) in [6, 6.07) is 0. The number of rotatable bonds is 3. The fourth-order valence-corrected chi connectivity index (χ4v) is 2.02. The number of halogens is 1. The molecule has 1 fully saturated rings. The van der Waals surface area contributed by atoms with E-state index in [1.807, 2.05) is 0 Å². The van der Waals surface area contributed by atoms with Gasteiger partial charge < -0.3 is 9.64 Å². The van der Waals surface area contributed by atoms with E-state index in [1.54, 1.807) is 18.7 Å². The van der Waals surface area contributed by atoms with Gasteiger partial charge in [-0.15, -0.1) is 11.6 Å². The van der Waals surface area contributed by atoms with Crippen LogP contribution in [0.3, 0.4) is 0 Å². The first-order valence-corrected chi connectivity index (χ1v) is 6.09. The maximum atomic E-state index is 11.7. The zero-order valence-corrected chi connectivity index (χ0v) is 10.5. The van der Waals surface area contributed by atoms with Crippen LogP contribution in [0, 0.1) is 5.92 Å². The molecular weight excluding hydrogens is 230 g/mol. The third-order valence-corrected chi connectivity index (χ3v) is 2.88. The predicted octanol–water partition coefficient (Wildman–Crippen LogP) is 1.42. The molecule has 2 atom stereocenters. The normalized spacial score (nSPS) is 22.7. The molecule has 1 saturated heterocycles. The van der Waals surface area contributed by atoms with Gasteiger partial charge in [-0.1, -0.05) is 0 Å². The van der Waals surface area contributed by atoms with Crippen molar-refractivity contribution in [1.82, 2.24) is 4.90 Å². The number of carbonyl (C=O) groups excluding carboxylic acids is 2. The van der Waals surface area contributed by atoms with Gasteiger partial charge in [0.1, 0.15) is 5.38 Å². The number of piperidine rings is 1. The average molecular weight is 248 g/mol. The maximum Gasteiger partial charge on any atom is 0.310 e. The Kier molecular flexibility index (Phi) is 5.06. The van der Waals surface area contributed by atoms with E-state index < -0.39 is 5.38 Å². The molecule has 1 aliphatic rings. The Bertz CT molecular complexity index is 268. The van der Waals surface area contributed by atoms with Crippen LogP contribution in [0.15, 0.2) is 0 Å². The lowest BCUT2D eigenvalue weighted by molar-refractivity contribution is -0.151. The molecule has 0 bridgehead atoms. The lowest BCUT2D eigenvalue weighted by atomic mass is 9.98. The molecule has 1 amide bonds. The molecule has 0 spiro atoms. The molecule has 1 heterocycles. The highest BCUT2D eigenvalue weighted by molar-refractivity contribution is 6.30. The van der Waals surface area contributed by atoms with Crippen molar-refractivity contribution in [2.45, 2.75) is 32.1 Å². The molecule has 0 saturated carbocycles. The Morgan fingerprint density at radius 3 is 2.81 bits per heavy atom. The van der Waals surface area contributed by atoms with Crippen molar-refractivity contribution in [2.75, 3.05) is 19.7 Å². The number of carbonyl (C=O) groups is 2. The van der Waals surface area contributed by atoms with Gasteiger partial charge in [-0.05, 0) is 26.7 Å². The summed E-state index contributed by atoms with van der Waals surface area (Å²) in [5.41, 5.74) is 0. The third kappa shape index (κ3) is 3.37. The molecular formula is C11H18ClNO3. The molecule has 16 heavy (non-hydrogen) atoms. The van der Waals surface area contributed by atoms with Gasteiger partial charge in [-0.3, -0.25) is 9.59 Å². The zero-order valence-electron chi connectivity index (χ0n) is 9.74. The van der Waals surface area contributed by atoms with Gasteiger partial charge in [-0.2, -0.15) is 0 Å². The fourth-order valence-electron chi connectivity index (χ4n) is 1.88. The van der Waals surface area contributed by atoms with Crippen LogP contribution in [0.5, 0.6) is 0 Å². The van der Waals surface area contributed by atoms with E-state index >= 15 is 0 Å². The van der Waals surface area contributed by atoms with Crippen molar-refractivity contribution in [3.63, 3.8) is 0 Å². The van der Waals surface area contributed by atoms with Crippen LogP contribution in [0.1, 0.15) is 26.7 Å². The Morgan fingerprint density at radius 1 is 1.56 bits per heavy atom. The maximum absolute atomic E-state index is 11.7. The van der Waals surface area contributed by atoms with Crippen molar-refractivity contribution in [2.24, 2.45) is 5.92 Å². The van der Waals surface area contributed by atoms with E-state index in [4.69, 9.17) is 16.3 Å². The second-order valence-electron chi connectivity index (χ2n) is 3.99. The quantitative estimate of drug-likeness (QED) is 0.560. The minimum Gasteiger partial charge on any atom is -0.466 e. The second kappa shape index (κ2) is 6.09. The molecule has 4 nitrogen and oxygen atoms in total. The van der Waals surface area contributed by atoms with Crippen LogP contribution in [0.25, 0.3) is 0 Å². The first-order chi connectivity index (χ1) is 7.56. The molecule has 0 aromatic heterocycles. The van der Waals surface area contributed by atoms with Gasteiger partial charge in [0.15, 0.2) is 0 Å². The van der Waals surface area contributed by atoms with Gasteiger partial charge in [0.25, 0.3) is 0 Å². The standard InChI is InChI=1S/C11H18ClNO3/c1-3-16-11(15)9-5-4-6-13(7-9)10(14)8(2)12/h8-9H,3-7H2,1-2H3/t8-,9-/m1/s1. The molecule has 0 aromatic rings. The van der Waals surface area contributed by atoms with E-state index in [0.29, 0.717) is 19.7 Å². The summed E-state index contributed by atoms with van der Waals surface area (Å²) in [4.78, 5) is 24.9. The SMILES string of the molecule is CCOC(=O)[C@@H]1CCCN(C(=O)[C@@H](C)Cl)C1. The van der Waals surface area contributed by atoms with E-state index in [9.17, 15) is 9.59 Å². The topological polar surface area (TPSA) is 46.6 Å². The van der Waals surface area contributed by atoms with E-state index in [-0.39, 0.29) is 17.8 Å². The van der Waals surface area contributed by atoms with Crippen LogP contribution in [-0.4, -0.2) is 41.8 Å². The molecule has 1 aliphatic heterocycles. The first kappa shape index (κ1) is 13.3. The van der Waals surface area contributed by atoms with E-state index in [2.05, 4.69) is 0 Å². The van der Waals surface area contributed by atoms with Crippen molar-refractivity contribution in [3.8, 4) is 0 Å². The molecule has 0 radical (unpaired) electrons. The number of amides is 1. The highest BCUT2D eigenvalue weighted by Crippen LogP contribution is 2.19. The summed E-state index contributed by atoms with van der Waals surface area (Å²) in [7, 11) is 0. The monoisotopic (exact) mass is 247 g/mol. The van der Waals surface area contributed by atoms with Gasteiger partial charge in [0.2, 0.25) is 5.91 Å². The Balaban J connectivity index is 2.53. The Labute approximate surface area is 101 Å². The number of ether oxygens (including phenoxy) is 1. The summed E-state index contributed by atoms with van der Waals surface area (Å²) >= 11 is 5.74. The summed E-state index contributed by atoms with van der Waals surface area (Å²) in [5, 5.41) is -0.527.